The predicted molar refractivity (Wildman–Crippen MR) is 88.3 cm³/mol. The van der Waals surface area contributed by atoms with Gasteiger partial charge in [0.05, 0.1) is 6.33 Å². The number of fused-ring (bicyclic) bond motifs is 1. The van der Waals surface area contributed by atoms with Crippen molar-refractivity contribution in [2.75, 3.05) is 5.32 Å². The van der Waals surface area contributed by atoms with E-state index >= 15 is 0 Å². The van der Waals surface area contributed by atoms with Crippen LogP contribution < -0.4 is 11.1 Å². The summed E-state index contributed by atoms with van der Waals surface area (Å²) in [5.41, 5.74) is 6.64. The molecule has 2 aromatic rings. The first-order valence-corrected chi connectivity index (χ1v) is 7.85. The van der Waals surface area contributed by atoms with Gasteiger partial charge in [-0.3, -0.25) is 9.59 Å². The minimum absolute atomic E-state index is 0.132. The first-order valence-electron chi connectivity index (χ1n) is 7.85. The lowest BCUT2D eigenvalue weighted by atomic mass is 10.1. The molecule has 9 nitrogen and oxygen atoms in total. The van der Waals surface area contributed by atoms with Crippen LogP contribution >= 0.6 is 0 Å². The van der Waals surface area contributed by atoms with Crippen molar-refractivity contribution in [3.8, 4) is 0 Å². The molecule has 0 radical (unpaired) electrons. The van der Waals surface area contributed by atoms with Crippen LogP contribution in [0.15, 0.2) is 12.7 Å². The zero-order valence-electron chi connectivity index (χ0n) is 13.8. The average molecular weight is 334 g/mol. The zero-order chi connectivity index (χ0) is 17.7. The second-order valence-electron chi connectivity index (χ2n) is 5.92. The lowest BCUT2D eigenvalue weighted by molar-refractivity contribution is -0.138. The number of carboxylic acid groups (broad SMARTS) is 1. The van der Waals surface area contributed by atoms with Crippen LogP contribution in [0.2, 0.25) is 0 Å². The van der Waals surface area contributed by atoms with Crippen LogP contribution in [0.3, 0.4) is 0 Å². The summed E-state index contributed by atoms with van der Waals surface area (Å²) < 4.78 is 1.86. The molecule has 0 spiro atoms. The number of hydrogen-bond acceptors (Lipinski definition) is 6. The number of imidazole rings is 1. The second-order valence-corrected chi connectivity index (χ2v) is 5.92. The van der Waals surface area contributed by atoms with Crippen LogP contribution in [0.4, 0.5) is 5.82 Å². The Bertz CT molecular complexity index is 727. The number of nitrogens with one attached hydrogen (secondary N) is 1. The van der Waals surface area contributed by atoms with E-state index in [1.165, 1.54) is 6.33 Å². The summed E-state index contributed by atoms with van der Waals surface area (Å²) in [6.07, 6.45) is 4.89. The molecule has 0 aliphatic heterocycles. The third kappa shape index (κ3) is 4.25. The van der Waals surface area contributed by atoms with Crippen LogP contribution in [0.1, 0.15) is 33.1 Å². The Morgan fingerprint density at radius 2 is 2.04 bits per heavy atom. The van der Waals surface area contributed by atoms with Crippen molar-refractivity contribution in [1.82, 2.24) is 19.5 Å². The molecule has 2 rings (SSSR count). The largest absolute Gasteiger partial charge is 0.480 e. The van der Waals surface area contributed by atoms with Gasteiger partial charge in [0.25, 0.3) is 0 Å². The zero-order valence-corrected chi connectivity index (χ0v) is 13.8. The fourth-order valence-electron chi connectivity index (χ4n) is 2.17. The van der Waals surface area contributed by atoms with Crippen LogP contribution in [-0.2, 0) is 16.1 Å². The highest BCUT2D eigenvalue weighted by atomic mass is 16.4. The Labute approximate surface area is 139 Å². The van der Waals surface area contributed by atoms with Crippen LogP contribution in [0, 0.1) is 5.92 Å². The topological polar surface area (TPSA) is 136 Å². The molecule has 1 amide bonds. The maximum Gasteiger partial charge on any atom is 0.320 e. The van der Waals surface area contributed by atoms with Gasteiger partial charge >= 0.3 is 5.97 Å². The van der Waals surface area contributed by atoms with Crippen molar-refractivity contribution in [2.45, 2.75) is 45.7 Å². The van der Waals surface area contributed by atoms with Gasteiger partial charge in [0.15, 0.2) is 17.0 Å². The van der Waals surface area contributed by atoms with Gasteiger partial charge in [-0.2, -0.15) is 0 Å². The number of unbranched alkanes of at least 4 members (excludes halogenated alkanes) is 1. The number of carboxylic acids is 1. The Kier molecular flexibility index (Phi) is 5.80. The van der Waals surface area contributed by atoms with Crippen molar-refractivity contribution in [3.63, 3.8) is 0 Å². The molecule has 1 atom stereocenters. The van der Waals surface area contributed by atoms with Crippen molar-refractivity contribution in [2.24, 2.45) is 11.7 Å². The normalized spacial score (nSPS) is 12.5. The Morgan fingerprint density at radius 3 is 2.71 bits per heavy atom. The average Bonchev–Trinajstić information content (AvgIpc) is 2.95. The monoisotopic (exact) mass is 334 g/mol. The quantitative estimate of drug-likeness (QED) is 0.613. The van der Waals surface area contributed by atoms with E-state index in [1.54, 1.807) is 20.2 Å². The van der Waals surface area contributed by atoms with Gasteiger partial charge in [-0.05, 0) is 19.3 Å². The van der Waals surface area contributed by atoms with E-state index in [0.717, 1.165) is 6.42 Å². The third-order valence-corrected chi connectivity index (χ3v) is 3.65. The number of nitrogens with two attached hydrogens (primary N) is 1. The number of aliphatic carboxylic acids is 1. The fraction of sp³-hybridized carbons (Fsp3) is 0.533. The Morgan fingerprint density at radius 1 is 1.29 bits per heavy atom. The molecule has 0 saturated carbocycles. The van der Waals surface area contributed by atoms with Gasteiger partial charge in [0, 0.05) is 12.5 Å². The molecule has 24 heavy (non-hydrogen) atoms. The molecule has 0 fully saturated rings. The third-order valence-electron chi connectivity index (χ3n) is 3.65. The van der Waals surface area contributed by atoms with E-state index in [-0.39, 0.29) is 11.8 Å². The number of anilines is 1. The van der Waals surface area contributed by atoms with E-state index in [0.29, 0.717) is 36.4 Å². The summed E-state index contributed by atoms with van der Waals surface area (Å²) in [4.78, 5) is 35.1. The van der Waals surface area contributed by atoms with Crippen molar-refractivity contribution in [3.05, 3.63) is 12.7 Å². The number of carbonyl (C=O) groups excluding carboxylic acids is 1. The maximum absolute atomic E-state index is 11.8. The molecule has 0 aliphatic rings. The molecule has 0 aromatic carbocycles. The minimum atomic E-state index is -0.985. The molecular formula is C15H22N6O3. The lowest BCUT2D eigenvalue weighted by Gasteiger charge is -2.08. The van der Waals surface area contributed by atoms with Crippen molar-refractivity contribution >= 4 is 28.9 Å². The number of aryl methyl sites for hydroxylation is 1. The van der Waals surface area contributed by atoms with E-state index in [2.05, 4.69) is 20.3 Å². The van der Waals surface area contributed by atoms with Crippen molar-refractivity contribution < 1.29 is 14.7 Å². The smallest absolute Gasteiger partial charge is 0.320 e. The maximum atomic E-state index is 11.8. The van der Waals surface area contributed by atoms with Crippen LogP contribution in [0.25, 0.3) is 11.2 Å². The van der Waals surface area contributed by atoms with Gasteiger partial charge in [-0.15, -0.1) is 0 Å². The van der Waals surface area contributed by atoms with E-state index < -0.39 is 12.0 Å². The van der Waals surface area contributed by atoms with Gasteiger partial charge in [-0.25, -0.2) is 15.0 Å². The summed E-state index contributed by atoms with van der Waals surface area (Å²) in [6, 6.07) is -0.829. The van der Waals surface area contributed by atoms with Gasteiger partial charge in [0.2, 0.25) is 5.91 Å². The summed E-state index contributed by atoms with van der Waals surface area (Å²) >= 11 is 0. The number of amides is 1. The van der Waals surface area contributed by atoms with E-state index in [4.69, 9.17) is 10.8 Å². The van der Waals surface area contributed by atoms with Crippen LogP contribution in [-0.4, -0.2) is 42.5 Å². The Hall–Kier alpha value is -2.55. The highest BCUT2D eigenvalue weighted by Gasteiger charge is 2.15. The fourth-order valence-corrected chi connectivity index (χ4v) is 2.17. The first-order chi connectivity index (χ1) is 11.4. The molecule has 0 aliphatic carbocycles. The predicted octanol–water partition coefficient (Wildman–Crippen LogP) is 1.00. The lowest BCUT2D eigenvalue weighted by Crippen LogP contribution is -2.29. The molecule has 0 saturated heterocycles. The second kappa shape index (κ2) is 7.82. The SMILES string of the molecule is CC(C)C(=O)Nc1ncnc2c1ncn2CCCCC(N)C(=O)O. The highest BCUT2D eigenvalue weighted by Crippen LogP contribution is 2.18. The van der Waals surface area contributed by atoms with Crippen molar-refractivity contribution in [1.29, 1.82) is 0 Å². The number of carbonyl (C=O) groups is 2. The van der Waals surface area contributed by atoms with Gasteiger partial charge in [-0.1, -0.05) is 13.8 Å². The van der Waals surface area contributed by atoms with Gasteiger partial charge in [0.1, 0.15) is 12.4 Å². The van der Waals surface area contributed by atoms with E-state index in [9.17, 15) is 9.59 Å². The summed E-state index contributed by atoms with van der Waals surface area (Å²) in [7, 11) is 0. The molecule has 4 N–H and O–H groups in total. The molecule has 0 bridgehead atoms. The van der Waals surface area contributed by atoms with Crippen LogP contribution in [0.5, 0.6) is 0 Å². The Balaban J connectivity index is 2.02. The summed E-state index contributed by atoms with van der Waals surface area (Å²) in [6.45, 7) is 4.24. The summed E-state index contributed by atoms with van der Waals surface area (Å²) in [5.74, 6) is -0.880. The standard InChI is InChI=1S/C15H22N6O3/c1-9(2)14(22)20-12-11-13(18-7-17-12)21(8-19-11)6-4-3-5-10(16)15(23)24/h7-10H,3-6,16H2,1-2H3,(H,23,24)(H,17,18,20,22). The number of hydrogen-bond donors (Lipinski definition) is 3. The number of rotatable bonds is 8. The molecule has 1 unspecified atom stereocenters. The van der Waals surface area contributed by atoms with Gasteiger partial charge < -0.3 is 20.7 Å². The molecule has 9 heteroatoms. The first kappa shape index (κ1) is 17.8. The highest BCUT2D eigenvalue weighted by molar-refractivity contribution is 5.97. The molecule has 2 heterocycles. The minimum Gasteiger partial charge on any atom is -0.480 e. The molecule has 2 aromatic heterocycles. The molecular weight excluding hydrogens is 312 g/mol. The molecule has 130 valence electrons. The van der Waals surface area contributed by atoms with E-state index in [1.807, 2.05) is 4.57 Å². The number of nitrogens with zero attached hydrogens (tertiary/aromatic N) is 4. The summed E-state index contributed by atoms with van der Waals surface area (Å²) in [5, 5.41) is 11.5. The number of aromatic nitrogens is 4.